The summed E-state index contributed by atoms with van der Waals surface area (Å²) < 4.78 is 0. The van der Waals surface area contributed by atoms with Crippen molar-refractivity contribution in [3.05, 3.63) is 62.5 Å². The van der Waals surface area contributed by atoms with Gasteiger partial charge in [-0.3, -0.25) is 10.1 Å². The first-order valence-corrected chi connectivity index (χ1v) is 8.01. The van der Waals surface area contributed by atoms with E-state index < -0.39 is 22.8 Å². The summed E-state index contributed by atoms with van der Waals surface area (Å²) in [6.07, 6.45) is 0. The number of para-hydroxylation sites is 1. The van der Waals surface area contributed by atoms with Crippen molar-refractivity contribution in [2.75, 3.05) is 19.7 Å². The molecule has 1 aliphatic heterocycles. The first kappa shape index (κ1) is 20.1. The number of carboxylic acids is 2. The van der Waals surface area contributed by atoms with Crippen LogP contribution in [-0.4, -0.2) is 51.9 Å². The van der Waals surface area contributed by atoms with Crippen molar-refractivity contribution in [1.82, 2.24) is 10.6 Å². The SMILES string of the molecule is CC1=C(C(=O)O)C(c2ccccc2[N+](=O)[O-])C(C(=O)O)=C(CNCCO)N1. The molecule has 27 heavy (non-hydrogen) atoms. The Labute approximate surface area is 154 Å². The second kappa shape index (κ2) is 8.43. The maximum absolute atomic E-state index is 12.0. The van der Waals surface area contributed by atoms with Gasteiger partial charge in [0.05, 0.1) is 28.6 Å². The lowest BCUT2D eigenvalue weighted by Crippen LogP contribution is -2.36. The third kappa shape index (κ3) is 4.13. The van der Waals surface area contributed by atoms with Crippen LogP contribution in [0, 0.1) is 10.1 Å². The highest BCUT2D eigenvalue weighted by molar-refractivity contribution is 5.99. The van der Waals surface area contributed by atoms with Crippen LogP contribution >= 0.6 is 0 Å². The lowest BCUT2D eigenvalue weighted by atomic mass is 9.79. The van der Waals surface area contributed by atoms with Crippen molar-refractivity contribution < 1.29 is 29.8 Å². The minimum Gasteiger partial charge on any atom is -0.478 e. The number of aliphatic carboxylic acids is 2. The molecule has 1 aliphatic rings. The average molecular weight is 377 g/mol. The number of allylic oxidation sites excluding steroid dienone is 1. The molecule has 0 saturated carbocycles. The van der Waals surface area contributed by atoms with Crippen molar-refractivity contribution in [3.63, 3.8) is 0 Å². The second-order valence-corrected chi connectivity index (χ2v) is 5.82. The first-order chi connectivity index (χ1) is 12.8. The number of hydrogen-bond acceptors (Lipinski definition) is 7. The van der Waals surface area contributed by atoms with Gasteiger partial charge in [-0.25, -0.2) is 9.59 Å². The van der Waals surface area contributed by atoms with Crippen LogP contribution < -0.4 is 10.6 Å². The molecule has 0 amide bonds. The number of nitro groups is 1. The van der Waals surface area contributed by atoms with Gasteiger partial charge in [-0.1, -0.05) is 18.2 Å². The van der Waals surface area contributed by atoms with Crippen molar-refractivity contribution in [3.8, 4) is 0 Å². The van der Waals surface area contributed by atoms with Gasteiger partial charge in [0.1, 0.15) is 0 Å². The summed E-state index contributed by atoms with van der Waals surface area (Å²) in [5.74, 6) is -4.09. The maximum atomic E-state index is 12.0. The minimum atomic E-state index is -1.39. The Bertz CT molecular complexity index is 845. The molecule has 1 aromatic rings. The van der Waals surface area contributed by atoms with E-state index >= 15 is 0 Å². The molecule has 0 saturated heterocycles. The number of carbonyl (C=O) groups is 2. The fourth-order valence-corrected chi connectivity index (χ4v) is 3.07. The van der Waals surface area contributed by atoms with Crippen LogP contribution in [-0.2, 0) is 9.59 Å². The Morgan fingerprint density at radius 1 is 1.22 bits per heavy atom. The number of benzene rings is 1. The monoisotopic (exact) mass is 377 g/mol. The molecule has 10 heteroatoms. The number of nitro benzene ring substituents is 1. The Morgan fingerprint density at radius 2 is 1.85 bits per heavy atom. The van der Waals surface area contributed by atoms with Crippen LogP contribution in [0.5, 0.6) is 0 Å². The van der Waals surface area contributed by atoms with Gasteiger partial charge in [0.15, 0.2) is 0 Å². The number of nitrogens with one attached hydrogen (secondary N) is 2. The average Bonchev–Trinajstić information content (AvgIpc) is 2.60. The van der Waals surface area contributed by atoms with Gasteiger partial charge in [-0.2, -0.15) is 0 Å². The smallest absolute Gasteiger partial charge is 0.334 e. The molecule has 0 bridgehead atoms. The molecule has 5 N–H and O–H groups in total. The second-order valence-electron chi connectivity index (χ2n) is 5.82. The molecule has 1 aromatic carbocycles. The van der Waals surface area contributed by atoms with Crippen LogP contribution in [0.2, 0.25) is 0 Å². The molecule has 144 valence electrons. The topological polar surface area (TPSA) is 162 Å². The molecular formula is C17H19N3O7. The quantitative estimate of drug-likeness (QED) is 0.247. The van der Waals surface area contributed by atoms with Crippen molar-refractivity contribution in [2.24, 2.45) is 0 Å². The molecule has 1 heterocycles. The number of carboxylic acid groups (broad SMARTS) is 2. The van der Waals surface area contributed by atoms with Crippen LogP contribution in [0.4, 0.5) is 5.69 Å². The lowest BCUT2D eigenvalue weighted by Gasteiger charge is -2.30. The predicted molar refractivity (Wildman–Crippen MR) is 93.9 cm³/mol. The van der Waals surface area contributed by atoms with Crippen LogP contribution in [0.15, 0.2) is 46.8 Å². The Hall–Kier alpha value is -3.24. The van der Waals surface area contributed by atoms with Crippen LogP contribution in [0.1, 0.15) is 18.4 Å². The van der Waals surface area contributed by atoms with E-state index in [-0.39, 0.29) is 53.5 Å². The third-order valence-corrected chi connectivity index (χ3v) is 4.14. The highest BCUT2D eigenvalue weighted by Crippen LogP contribution is 2.41. The lowest BCUT2D eigenvalue weighted by molar-refractivity contribution is -0.385. The number of aliphatic hydroxyl groups is 1. The zero-order valence-electron chi connectivity index (χ0n) is 14.4. The highest BCUT2D eigenvalue weighted by atomic mass is 16.6. The zero-order chi connectivity index (χ0) is 20.1. The Morgan fingerprint density at radius 3 is 2.41 bits per heavy atom. The molecule has 2 rings (SSSR count). The molecule has 1 unspecified atom stereocenters. The Kier molecular flexibility index (Phi) is 6.27. The van der Waals surface area contributed by atoms with Crippen LogP contribution in [0.3, 0.4) is 0 Å². The van der Waals surface area contributed by atoms with Crippen LogP contribution in [0.25, 0.3) is 0 Å². The fourth-order valence-electron chi connectivity index (χ4n) is 3.07. The van der Waals surface area contributed by atoms with E-state index in [0.29, 0.717) is 0 Å². The molecule has 0 spiro atoms. The first-order valence-electron chi connectivity index (χ1n) is 8.01. The molecular weight excluding hydrogens is 358 g/mol. The number of dihydropyridines is 1. The van der Waals surface area contributed by atoms with Crippen molar-refractivity contribution in [2.45, 2.75) is 12.8 Å². The number of rotatable bonds is 8. The van der Waals surface area contributed by atoms with E-state index in [1.807, 2.05) is 0 Å². The predicted octanol–water partition coefficient (Wildman–Crippen LogP) is 0.561. The minimum absolute atomic E-state index is 0.0159. The number of hydrogen-bond donors (Lipinski definition) is 5. The summed E-state index contributed by atoms with van der Waals surface area (Å²) in [6, 6.07) is 5.47. The summed E-state index contributed by atoms with van der Waals surface area (Å²) in [5.41, 5.74) is -0.571. The fraction of sp³-hybridized carbons (Fsp3) is 0.294. The number of aliphatic hydroxyl groups excluding tert-OH is 1. The van der Waals surface area contributed by atoms with E-state index in [1.165, 1.54) is 31.2 Å². The van der Waals surface area contributed by atoms with Gasteiger partial charge < -0.3 is 26.0 Å². The van der Waals surface area contributed by atoms with E-state index in [1.54, 1.807) is 0 Å². The van der Waals surface area contributed by atoms with Gasteiger partial charge in [0.2, 0.25) is 0 Å². The van der Waals surface area contributed by atoms with E-state index in [9.17, 15) is 29.9 Å². The van der Waals surface area contributed by atoms with Crippen molar-refractivity contribution >= 4 is 17.6 Å². The summed E-state index contributed by atoms with van der Waals surface area (Å²) in [5, 5.41) is 45.3. The van der Waals surface area contributed by atoms with E-state index in [0.717, 1.165) is 0 Å². The Balaban J connectivity index is 2.71. The zero-order valence-corrected chi connectivity index (χ0v) is 14.4. The maximum Gasteiger partial charge on any atom is 0.334 e. The molecule has 0 aromatic heterocycles. The van der Waals surface area contributed by atoms with E-state index in [4.69, 9.17) is 5.11 Å². The normalized spacial score (nSPS) is 16.9. The molecule has 0 aliphatic carbocycles. The van der Waals surface area contributed by atoms with Gasteiger partial charge in [-0.05, 0) is 6.92 Å². The number of nitrogens with zero attached hydrogens (tertiary/aromatic N) is 1. The highest BCUT2D eigenvalue weighted by Gasteiger charge is 2.40. The molecule has 0 fully saturated rings. The summed E-state index contributed by atoms with van der Waals surface area (Å²) >= 11 is 0. The standard InChI is InChI=1S/C17H19N3O7/c1-9-13(16(22)23)14(10-4-2-3-5-12(10)20(26)27)15(17(24)25)11(19-9)8-18-6-7-21/h2-5,14,18-19,21H,6-8H2,1H3,(H,22,23)(H,24,25). The summed E-state index contributed by atoms with van der Waals surface area (Å²) in [7, 11) is 0. The van der Waals surface area contributed by atoms with Gasteiger partial charge in [-0.15, -0.1) is 0 Å². The molecule has 10 nitrogen and oxygen atoms in total. The van der Waals surface area contributed by atoms with Gasteiger partial charge in [0.25, 0.3) is 5.69 Å². The van der Waals surface area contributed by atoms with Gasteiger partial charge >= 0.3 is 11.9 Å². The van der Waals surface area contributed by atoms with Gasteiger partial charge in [0, 0.05) is 36.1 Å². The third-order valence-electron chi connectivity index (χ3n) is 4.14. The molecule has 1 atom stereocenters. The summed E-state index contributed by atoms with van der Waals surface area (Å²) in [6.45, 7) is 1.51. The van der Waals surface area contributed by atoms with Crippen molar-refractivity contribution in [1.29, 1.82) is 0 Å². The molecule has 0 radical (unpaired) electrons. The largest absolute Gasteiger partial charge is 0.478 e. The van der Waals surface area contributed by atoms with E-state index in [2.05, 4.69) is 10.6 Å². The summed E-state index contributed by atoms with van der Waals surface area (Å²) in [4.78, 5) is 34.6.